The van der Waals surface area contributed by atoms with Gasteiger partial charge in [0.15, 0.2) is 0 Å². The van der Waals surface area contributed by atoms with Gasteiger partial charge in [-0.3, -0.25) is 0 Å². The van der Waals surface area contributed by atoms with Crippen LogP contribution in [0, 0.1) is 0 Å². The molecule has 0 radical (unpaired) electrons. The van der Waals surface area contributed by atoms with Crippen LogP contribution in [-0.2, 0) is 18.3 Å². The molecule has 2 aromatic heterocycles. The Morgan fingerprint density at radius 1 is 1.63 bits per heavy atom. The van der Waals surface area contributed by atoms with Crippen LogP contribution in [0.3, 0.4) is 0 Å². The second kappa shape index (κ2) is 5.66. The third-order valence-electron chi connectivity index (χ3n) is 2.85. The van der Waals surface area contributed by atoms with E-state index in [0.717, 1.165) is 11.4 Å². The third-order valence-corrected chi connectivity index (χ3v) is 2.85. The van der Waals surface area contributed by atoms with Crippen LogP contribution < -0.4 is 5.32 Å². The Hall–Kier alpha value is -2.15. The van der Waals surface area contributed by atoms with E-state index < -0.39 is 5.97 Å². The summed E-state index contributed by atoms with van der Waals surface area (Å²) in [5, 5.41) is 11.1. The highest BCUT2D eigenvalue weighted by molar-refractivity contribution is 5.87. The lowest BCUT2D eigenvalue weighted by molar-refractivity contribution is 0.0563. The van der Waals surface area contributed by atoms with Gasteiger partial charge >= 0.3 is 5.97 Å². The van der Waals surface area contributed by atoms with Crippen molar-refractivity contribution in [3.63, 3.8) is 0 Å². The highest BCUT2D eigenvalue weighted by Gasteiger charge is 2.17. The summed E-state index contributed by atoms with van der Waals surface area (Å²) in [6.07, 6.45) is 3.11. The van der Waals surface area contributed by atoms with Gasteiger partial charge in [-0.2, -0.15) is 0 Å². The second-order valence-corrected chi connectivity index (χ2v) is 4.17. The topological polar surface area (TPSA) is 82.2 Å². The van der Waals surface area contributed by atoms with Crippen LogP contribution in [-0.4, -0.2) is 27.8 Å². The van der Waals surface area contributed by atoms with Crippen molar-refractivity contribution in [1.29, 1.82) is 0 Å². The average Bonchev–Trinajstić information content (AvgIpc) is 3.03. The van der Waals surface area contributed by atoms with Gasteiger partial charge in [0.1, 0.15) is 12.2 Å². The van der Waals surface area contributed by atoms with E-state index in [0.29, 0.717) is 6.54 Å². The molecule has 2 heterocycles. The number of rotatable bonds is 5. The van der Waals surface area contributed by atoms with Gasteiger partial charge in [-0.15, -0.1) is 10.2 Å². The first kappa shape index (κ1) is 13.3. The first-order valence-electron chi connectivity index (χ1n) is 5.85. The molecule has 102 valence electrons. The molecule has 0 aliphatic rings. The summed E-state index contributed by atoms with van der Waals surface area (Å²) in [6.45, 7) is 2.46. The zero-order chi connectivity index (χ0) is 13.8. The number of nitrogens with zero attached hydrogens (tertiary/aromatic N) is 3. The fraction of sp³-hybridized carbons (Fsp3) is 0.417. The standard InChI is InChI=1S/C12H16N4O3/c1-8(11-15-14-7-16(11)2)13-6-9-4-5-19-10(9)12(17)18-3/h4-5,7-8,13H,6H2,1-3H3. The molecule has 0 fully saturated rings. The third kappa shape index (κ3) is 2.82. The van der Waals surface area contributed by atoms with E-state index in [1.807, 2.05) is 18.5 Å². The maximum atomic E-state index is 11.5. The van der Waals surface area contributed by atoms with E-state index in [1.54, 1.807) is 12.4 Å². The maximum absolute atomic E-state index is 11.5. The Morgan fingerprint density at radius 3 is 3.05 bits per heavy atom. The highest BCUT2D eigenvalue weighted by atomic mass is 16.5. The number of carbonyl (C=O) groups excluding carboxylic acids is 1. The van der Waals surface area contributed by atoms with Gasteiger partial charge < -0.3 is 19.0 Å². The summed E-state index contributed by atoms with van der Waals surface area (Å²) in [5.74, 6) is 0.566. The van der Waals surface area contributed by atoms with Gasteiger partial charge in [0.2, 0.25) is 5.76 Å². The summed E-state index contributed by atoms with van der Waals surface area (Å²) in [4.78, 5) is 11.5. The summed E-state index contributed by atoms with van der Waals surface area (Å²) >= 11 is 0. The molecule has 7 nitrogen and oxygen atoms in total. The van der Waals surface area contributed by atoms with Crippen LogP contribution in [0.5, 0.6) is 0 Å². The maximum Gasteiger partial charge on any atom is 0.374 e. The minimum Gasteiger partial charge on any atom is -0.463 e. The van der Waals surface area contributed by atoms with E-state index in [2.05, 4.69) is 20.3 Å². The van der Waals surface area contributed by atoms with Crippen LogP contribution in [0.1, 0.15) is 34.9 Å². The van der Waals surface area contributed by atoms with Gasteiger partial charge in [-0.05, 0) is 13.0 Å². The van der Waals surface area contributed by atoms with Gasteiger partial charge in [0, 0.05) is 19.2 Å². The smallest absolute Gasteiger partial charge is 0.374 e. The number of ether oxygens (including phenoxy) is 1. The van der Waals surface area contributed by atoms with Gasteiger partial charge in [-0.1, -0.05) is 0 Å². The summed E-state index contributed by atoms with van der Waals surface area (Å²) in [7, 11) is 3.20. The number of aryl methyl sites for hydroxylation is 1. The number of hydrogen-bond acceptors (Lipinski definition) is 6. The van der Waals surface area contributed by atoms with E-state index in [4.69, 9.17) is 4.42 Å². The number of carbonyl (C=O) groups is 1. The van der Waals surface area contributed by atoms with Gasteiger partial charge in [-0.25, -0.2) is 4.79 Å². The lowest BCUT2D eigenvalue weighted by Gasteiger charge is -2.12. The molecule has 0 saturated carbocycles. The fourth-order valence-corrected chi connectivity index (χ4v) is 1.79. The molecule has 0 aliphatic heterocycles. The Balaban J connectivity index is 2.01. The SMILES string of the molecule is COC(=O)c1occc1CNC(C)c1nncn1C. The molecule has 2 aromatic rings. The van der Waals surface area contributed by atoms with Crippen molar-refractivity contribution in [3.05, 3.63) is 35.8 Å². The Morgan fingerprint density at radius 2 is 2.42 bits per heavy atom. The van der Waals surface area contributed by atoms with Crippen molar-refractivity contribution in [2.24, 2.45) is 7.05 Å². The Bertz CT molecular complexity index is 561. The molecule has 19 heavy (non-hydrogen) atoms. The molecule has 7 heteroatoms. The minimum absolute atomic E-state index is 0.00731. The molecule has 0 amide bonds. The first-order chi connectivity index (χ1) is 9.13. The van der Waals surface area contributed by atoms with Crippen LogP contribution >= 0.6 is 0 Å². The predicted octanol–water partition coefficient (Wildman–Crippen LogP) is 1.05. The van der Waals surface area contributed by atoms with Crippen molar-refractivity contribution in [2.75, 3.05) is 7.11 Å². The zero-order valence-electron chi connectivity index (χ0n) is 11.1. The number of methoxy groups -OCH3 is 1. The van der Waals surface area contributed by atoms with E-state index in [9.17, 15) is 4.79 Å². The van der Waals surface area contributed by atoms with E-state index in [-0.39, 0.29) is 11.8 Å². The highest BCUT2D eigenvalue weighted by Crippen LogP contribution is 2.14. The summed E-state index contributed by atoms with van der Waals surface area (Å²) < 4.78 is 11.6. The van der Waals surface area contributed by atoms with Crippen molar-refractivity contribution < 1.29 is 13.9 Å². The number of esters is 1. The first-order valence-corrected chi connectivity index (χ1v) is 5.85. The summed E-state index contributed by atoms with van der Waals surface area (Å²) in [6, 6.07) is 1.75. The molecule has 0 aliphatic carbocycles. The normalized spacial score (nSPS) is 12.4. The molecular weight excluding hydrogens is 248 g/mol. The van der Waals surface area contributed by atoms with Gasteiger partial charge in [0.25, 0.3) is 0 Å². The van der Waals surface area contributed by atoms with Crippen LogP contribution in [0.4, 0.5) is 0 Å². The Kier molecular flexibility index (Phi) is 3.96. The molecule has 0 bridgehead atoms. The molecule has 1 N–H and O–H groups in total. The van der Waals surface area contributed by atoms with E-state index in [1.165, 1.54) is 13.4 Å². The largest absolute Gasteiger partial charge is 0.463 e. The number of nitrogens with one attached hydrogen (secondary N) is 1. The molecule has 1 atom stereocenters. The van der Waals surface area contributed by atoms with Crippen LogP contribution in [0.25, 0.3) is 0 Å². The van der Waals surface area contributed by atoms with Crippen molar-refractivity contribution in [1.82, 2.24) is 20.1 Å². The van der Waals surface area contributed by atoms with Crippen molar-refractivity contribution >= 4 is 5.97 Å². The zero-order valence-corrected chi connectivity index (χ0v) is 11.1. The summed E-state index contributed by atoms with van der Waals surface area (Å²) in [5.41, 5.74) is 0.751. The quantitative estimate of drug-likeness (QED) is 0.813. The minimum atomic E-state index is -0.479. The molecule has 0 spiro atoms. The van der Waals surface area contributed by atoms with Crippen molar-refractivity contribution in [2.45, 2.75) is 19.5 Å². The lowest BCUT2D eigenvalue weighted by Crippen LogP contribution is -2.21. The fourth-order valence-electron chi connectivity index (χ4n) is 1.79. The monoisotopic (exact) mass is 264 g/mol. The van der Waals surface area contributed by atoms with Crippen LogP contribution in [0.2, 0.25) is 0 Å². The number of aromatic nitrogens is 3. The molecular formula is C12H16N4O3. The van der Waals surface area contributed by atoms with Crippen molar-refractivity contribution in [3.8, 4) is 0 Å². The second-order valence-electron chi connectivity index (χ2n) is 4.17. The molecule has 2 rings (SSSR count). The average molecular weight is 264 g/mol. The molecule has 0 saturated heterocycles. The Labute approximate surface area is 110 Å². The predicted molar refractivity (Wildman–Crippen MR) is 66.3 cm³/mol. The van der Waals surface area contributed by atoms with E-state index >= 15 is 0 Å². The number of furan rings is 1. The molecule has 0 aromatic carbocycles. The number of hydrogen-bond donors (Lipinski definition) is 1. The lowest BCUT2D eigenvalue weighted by atomic mass is 10.2. The molecule has 1 unspecified atom stereocenters. The van der Waals surface area contributed by atoms with Gasteiger partial charge in [0.05, 0.1) is 19.4 Å². The van der Waals surface area contributed by atoms with Crippen LogP contribution in [0.15, 0.2) is 23.1 Å².